The topological polar surface area (TPSA) is 42.4 Å². The van der Waals surface area contributed by atoms with Gasteiger partial charge in [-0.05, 0) is 30.4 Å². The van der Waals surface area contributed by atoms with Crippen LogP contribution in [0.5, 0.6) is 5.88 Å². The average Bonchev–Trinajstić information content (AvgIpc) is 2.39. The van der Waals surface area contributed by atoms with Crippen molar-refractivity contribution in [1.82, 2.24) is 4.98 Å². The molecule has 2 rings (SSSR count). The molecule has 88 valence electrons. The van der Waals surface area contributed by atoms with Crippen molar-refractivity contribution < 1.29 is 9.84 Å². The number of aliphatic hydroxyl groups excluding tert-OH is 1. The molecule has 1 aliphatic rings. The molecular weight excluding hydrogens is 202 g/mol. The Labute approximate surface area is 96.5 Å². The number of methoxy groups -OCH3 is 1. The van der Waals surface area contributed by atoms with E-state index in [9.17, 15) is 5.11 Å². The van der Waals surface area contributed by atoms with Crippen molar-refractivity contribution in [1.29, 1.82) is 0 Å². The van der Waals surface area contributed by atoms with Gasteiger partial charge in [-0.3, -0.25) is 0 Å². The van der Waals surface area contributed by atoms with Gasteiger partial charge in [0.05, 0.1) is 13.2 Å². The Kier molecular flexibility index (Phi) is 3.78. The minimum absolute atomic E-state index is 0.362. The van der Waals surface area contributed by atoms with Crippen molar-refractivity contribution in [3.05, 3.63) is 23.9 Å². The van der Waals surface area contributed by atoms with E-state index in [-0.39, 0.29) is 6.10 Å². The minimum Gasteiger partial charge on any atom is -0.481 e. The maximum Gasteiger partial charge on any atom is 0.212 e. The Morgan fingerprint density at radius 3 is 2.62 bits per heavy atom. The van der Waals surface area contributed by atoms with Gasteiger partial charge in [0, 0.05) is 12.3 Å². The molecule has 3 heteroatoms. The highest BCUT2D eigenvalue weighted by Crippen LogP contribution is 2.34. The standard InChI is InChI=1S/C13H19NO2/c1-16-12-8-7-11(9-14-12)13(15)10-5-3-2-4-6-10/h7-10,13,15H,2-6H2,1H3/t13-/m1/s1. The van der Waals surface area contributed by atoms with Crippen molar-refractivity contribution in [2.75, 3.05) is 7.11 Å². The van der Waals surface area contributed by atoms with Crippen LogP contribution in [0.1, 0.15) is 43.8 Å². The minimum atomic E-state index is -0.362. The first kappa shape index (κ1) is 11.4. The Hall–Kier alpha value is -1.09. The number of aromatic nitrogens is 1. The molecule has 0 amide bonds. The Morgan fingerprint density at radius 1 is 1.31 bits per heavy atom. The van der Waals surface area contributed by atoms with Gasteiger partial charge in [-0.1, -0.05) is 19.3 Å². The summed E-state index contributed by atoms with van der Waals surface area (Å²) in [5, 5.41) is 10.2. The van der Waals surface area contributed by atoms with Gasteiger partial charge in [-0.25, -0.2) is 4.98 Å². The number of hydrogen-bond donors (Lipinski definition) is 1. The summed E-state index contributed by atoms with van der Waals surface area (Å²) >= 11 is 0. The van der Waals surface area contributed by atoms with Crippen LogP contribution in [-0.4, -0.2) is 17.2 Å². The summed E-state index contributed by atoms with van der Waals surface area (Å²) in [4.78, 5) is 4.13. The van der Waals surface area contributed by atoms with E-state index in [2.05, 4.69) is 4.98 Å². The molecule has 0 bridgehead atoms. The normalized spacial score (nSPS) is 19.4. The largest absolute Gasteiger partial charge is 0.481 e. The van der Waals surface area contributed by atoms with Crippen LogP contribution in [0.4, 0.5) is 0 Å². The third kappa shape index (κ3) is 2.53. The predicted molar refractivity (Wildman–Crippen MR) is 62.3 cm³/mol. The van der Waals surface area contributed by atoms with E-state index in [1.54, 1.807) is 19.4 Å². The number of nitrogens with zero attached hydrogens (tertiary/aromatic N) is 1. The second kappa shape index (κ2) is 5.30. The van der Waals surface area contributed by atoms with Crippen LogP contribution in [0.25, 0.3) is 0 Å². The lowest BCUT2D eigenvalue weighted by molar-refractivity contribution is 0.0845. The predicted octanol–water partition coefficient (Wildman–Crippen LogP) is 2.70. The van der Waals surface area contributed by atoms with Crippen molar-refractivity contribution in [3.8, 4) is 5.88 Å². The molecule has 0 unspecified atom stereocenters. The molecular formula is C13H19NO2. The second-order valence-electron chi connectivity index (χ2n) is 4.48. The third-order valence-electron chi connectivity index (χ3n) is 3.41. The Balaban J connectivity index is 2.04. The summed E-state index contributed by atoms with van der Waals surface area (Å²) in [5.74, 6) is 1.00. The van der Waals surface area contributed by atoms with Gasteiger partial charge in [-0.2, -0.15) is 0 Å². The van der Waals surface area contributed by atoms with E-state index < -0.39 is 0 Å². The number of aliphatic hydroxyl groups is 1. The first-order chi connectivity index (χ1) is 7.81. The monoisotopic (exact) mass is 221 g/mol. The fourth-order valence-corrected chi connectivity index (χ4v) is 2.41. The molecule has 16 heavy (non-hydrogen) atoms. The number of pyridine rings is 1. The summed E-state index contributed by atoms with van der Waals surface area (Å²) in [6, 6.07) is 3.71. The molecule has 1 aliphatic carbocycles. The number of ether oxygens (including phenoxy) is 1. The van der Waals surface area contributed by atoms with Gasteiger partial charge in [-0.15, -0.1) is 0 Å². The highest BCUT2D eigenvalue weighted by molar-refractivity contribution is 5.20. The highest BCUT2D eigenvalue weighted by atomic mass is 16.5. The molecule has 1 atom stereocenters. The van der Waals surface area contributed by atoms with E-state index in [1.165, 1.54) is 19.3 Å². The van der Waals surface area contributed by atoms with E-state index in [0.717, 1.165) is 18.4 Å². The molecule has 1 saturated carbocycles. The summed E-state index contributed by atoms with van der Waals surface area (Å²) in [6.07, 6.45) is 7.41. The zero-order chi connectivity index (χ0) is 11.4. The van der Waals surface area contributed by atoms with Gasteiger partial charge in [0.2, 0.25) is 5.88 Å². The average molecular weight is 221 g/mol. The quantitative estimate of drug-likeness (QED) is 0.853. The molecule has 0 spiro atoms. The van der Waals surface area contributed by atoms with Gasteiger partial charge in [0.25, 0.3) is 0 Å². The number of rotatable bonds is 3. The lowest BCUT2D eigenvalue weighted by atomic mass is 9.83. The van der Waals surface area contributed by atoms with Crippen LogP contribution in [0.3, 0.4) is 0 Å². The first-order valence-corrected chi connectivity index (χ1v) is 5.99. The fraction of sp³-hybridized carbons (Fsp3) is 0.615. The van der Waals surface area contributed by atoms with Crippen LogP contribution >= 0.6 is 0 Å². The highest BCUT2D eigenvalue weighted by Gasteiger charge is 2.23. The van der Waals surface area contributed by atoms with Crippen LogP contribution in [-0.2, 0) is 0 Å². The van der Waals surface area contributed by atoms with Gasteiger partial charge < -0.3 is 9.84 Å². The van der Waals surface area contributed by atoms with Crippen LogP contribution in [0.15, 0.2) is 18.3 Å². The third-order valence-corrected chi connectivity index (χ3v) is 3.41. The fourth-order valence-electron chi connectivity index (χ4n) is 2.41. The van der Waals surface area contributed by atoms with Crippen molar-refractivity contribution in [2.24, 2.45) is 5.92 Å². The van der Waals surface area contributed by atoms with Crippen LogP contribution in [0, 0.1) is 5.92 Å². The Morgan fingerprint density at radius 2 is 2.06 bits per heavy atom. The van der Waals surface area contributed by atoms with Crippen molar-refractivity contribution >= 4 is 0 Å². The molecule has 1 N–H and O–H groups in total. The van der Waals surface area contributed by atoms with Gasteiger partial charge >= 0.3 is 0 Å². The summed E-state index contributed by atoms with van der Waals surface area (Å²) < 4.78 is 5.00. The zero-order valence-corrected chi connectivity index (χ0v) is 9.72. The van der Waals surface area contributed by atoms with E-state index in [1.807, 2.05) is 6.07 Å². The van der Waals surface area contributed by atoms with E-state index in [0.29, 0.717) is 11.8 Å². The summed E-state index contributed by atoms with van der Waals surface area (Å²) in [6.45, 7) is 0. The lowest BCUT2D eigenvalue weighted by Gasteiger charge is -2.26. The van der Waals surface area contributed by atoms with Crippen molar-refractivity contribution in [3.63, 3.8) is 0 Å². The zero-order valence-electron chi connectivity index (χ0n) is 9.72. The van der Waals surface area contributed by atoms with Crippen molar-refractivity contribution in [2.45, 2.75) is 38.2 Å². The molecule has 0 radical (unpaired) electrons. The maximum absolute atomic E-state index is 10.2. The van der Waals surface area contributed by atoms with Gasteiger partial charge in [0.15, 0.2) is 0 Å². The molecule has 1 fully saturated rings. The first-order valence-electron chi connectivity index (χ1n) is 5.99. The maximum atomic E-state index is 10.2. The number of hydrogen-bond acceptors (Lipinski definition) is 3. The molecule has 0 aliphatic heterocycles. The SMILES string of the molecule is COc1ccc([C@H](O)C2CCCCC2)cn1. The lowest BCUT2D eigenvalue weighted by Crippen LogP contribution is -2.16. The van der Waals surface area contributed by atoms with E-state index in [4.69, 9.17) is 4.74 Å². The Bertz CT molecular complexity index is 317. The molecule has 0 saturated heterocycles. The molecule has 1 heterocycles. The van der Waals surface area contributed by atoms with Crippen LogP contribution < -0.4 is 4.74 Å². The summed E-state index contributed by atoms with van der Waals surface area (Å²) in [7, 11) is 1.60. The molecule has 1 aromatic rings. The molecule has 0 aromatic carbocycles. The summed E-state index contributed by atoms with van der Waals surface area (Å²) in [5.41, 5.74) is 0.910. The van der Waals surface area contributed by atoms with Crippen LogP contribution in [0.2, 0.25) is 0 Å². The van der Waals surface area contributed by atoms with Gasteiger partial charge in [0.1, 0.15) is 0 Å². The smallest absolute Gasteiger partial charge is 0.212 e. The second-order valence-corrected chi connectivity index (χ2v) is 4.48. The molecule has 3 nitrogen and oxygen atoms in total. The van der Waals surface area contributed by atoms with E-state index >= 15 is 0 Å². The molecule has 1 aromatic heterocycles.